The highest BCUT2D eigenvalue weighted by molar-refractivity contribution is 6.07. The van der Waals surface area contributed by atoms with Gasteiger partial charge < -0.3 is 10.1 Å². The van der Waals surface area contributed by atoms with Crippen molar-refractivity contribution >= 4 is 16.8 Å². The molecule has 1 aromatic carbocycles. The van der Waals surface area contributed by atoms with E-state index in [-0.39, 0.29) is 12.0 Å². The van der Waals surface area contributed by atoms with Crippen molar-refractivity contribution in [1.82, 2.24) is 10.3 Å². The number of aromatic nitrogens is 1. The maximum absolute atomic E-state index is 12.6. The average molecular weight is 298 g/mol. The Morgan fingerprint density at radius 1 is 1.32 bits per heavy atom. The molecule has 0 bridgehead atoms. The third-order valence-electron chi connectivity index (χ3n) is 4.14. The van der Waals surface area contributed by atoms with Crippen LogP contribution >= 0.6 is 0 Å². The smallest absolute Gasteiger partial charge is 0.252 e. The highest BCUT2D eigenvalue weighted by Crippen LogP contribution is 2.23. The maximum atomic E-state index is 12.6. The fourth-order valence-electron chi connectivity index (χ4n) is 3.10. The van der Waals surface area contributed by atoms with Crippen molar-refractivity contribution in [3.63, 3.8) is 0 Å². The van der Waals surface area contributed by atoms with Gasteiger partial charge in [-0.25, -0.2) is 0 Å². The fraction of sp³-hybridized carbons (Fsp3) is 0.444. The lowest BCUT2D eigenvalue weighted by Crippen LogP contribution is -2.32. The predicted molar refractivity (Wildman–Crippen MR) is 87.3 cm³/mol. The van der Waals surface area contributed by atoms with Crippen LogP contribution in [0.4, 0.5) is 0 Å². The Labute approximate surface area is 130 Å². The van der Waals surface area contributed by atoms with Crippen LogP contribution in [0.5, 0.6) is 0 Å². The molecule has 2 heterocycles. The molecule has 3 rings (SSSR count). The average Bonchev–Trinajstić information content (AvgIpc) is 2.98. The normalized spacial score (nSPS) is 17.9. The molecule has 1 amide bonds. The molecular formula is C18H22N2O2. The molecule has 4 nitrogen and oxygen atoms in total. The van der Waals surface area contributed by atoms with Crippen molar-refractivity contribution in [3.05, 3.63) is 40.6 Å². The number of benzene rings is 1. The SMILES string of the molecule is Cc1cc(C)c2nc(C)cc(C(=O)NC[C@H]3CCCO3)c2c1. The van der Waals surface area contributed by atoms with E-state index in [1.54, 1.807) is 0 Å². The molecule has 0 aliphatic carbocycles. The molecule has 0 radical (unpaired) electrons. The molecule has 1 N–H and O–H groups in total. The maximum Gasteiger partial charge on any atom is 0.252 e. The first kappa shape index (κ1) is 15.0. The summed E-state index contributed by atoms with van der Waals surface area (Å²) in [4.78, 5) is 17.2. The lowest BCUT2D eigenvalue weighted by Gasteiger charge is -2.13. The number of ether oxygens (including phenoxy) is 1. The molecule has 1 aliphatic heterocycles. The van der Waals surface area contributed by atoms with Gasteiger partial charge in [0.2, 0.25) is 0 Å². The fourth-order valence-corrected chi connectivity index (χ4v) is 3.10. The number of nitrogens with zero attached hydrogens (tertiary/aromatic N) is 1. The van der Waals surface area contributed by atoms with Crippen molar-refractivity contribution in [3.8, 4) is 0 Å². The molecule has 4 heteroatoms. The zero-order valence-corrected chi connectivity index (χ0v) is 13.4. The largest absolute Gasteiger partial charge is 0.376 e. The van der Waals surface area contributed by atoms with Crippen LogP contribution in [0.2, 0.25) is 0 Å². The van der Waals surface area contributed by atoms with Gasteiger partial charge >= 0.3 is 0 Å². The van der Waals surface area contributed by atoms with E-state index in [0.29, 0.717) is 12.1 Å². The van der Waals surface area contributed by atoms with Crippen molar-refractivity contribution in [2.45, 2.75) is 39.7 Å². The van der Waals surface area contributed by atoms with Crippen LogP contribution in [0.1, 0.15) is 40.0 Å². The minimum atomic E-state index is -0.0454. The molecule has 1 fully saturated rings. The first-order chi connectivity index (χ1) is 10.5. The first-order valence-electron chi connectivity index (χ1n) is 7.83. The molecule has 1 atom stereocenters. The van der Waals surface area contributed by atoms with Gasteiger partial charge in [0.25, 0.3) is 5.91 Å². The number of amides is 1. The predicted octanol–water partition coefficient (Wildman–Crippen LogP) is 3.07. The standard InChI is InChI=1S/C18H22N2O2/c1-11-7-12(2)17-15(8-11)16(9-13(3)20-17)18(21)19-10-14-5-4-6-22-14/h7-9,14H,4-6,10H2,1-3H3,(H,19,21)/t14-/m1/s1. The van der Waals surface area contributed by atoms with Crippen LogP contribution in [0, 0.1) is 20.8 Å². The highest BCUT2D eigenvalue weighted by atomic mass is 16.5. The van der Waals surface area contributed by atoms with Gasteiger partial charge in [-0.3, -0.25) is 9.78 Å². The number of rotatable bonds is 3. The van der Waals surface area contributed by atoms with E-state index >= 15 is 0 Å². The molecule has 1 aromatic heterocycles. The molecular weight excluding hydrogens is 276 g/mol. The zero-order chi connectivity index (χ0) is 15.7. The number of nitrogens with one attached hydrogen (secondary N) is 1. The number of hydrogen-bond acceptors (Lipinski definition) is 3. The summed E-state index contributed by atoms with van der Waals surface area (Å²) in [5, 5.41) is 3.93. The lowest BCUT2D eigenvalue weighted by atomic mass is 10.0. The van der Waals surface area contributed by atoms with Crippen LogP contribution < -0.4 is 5.32 Å². The topological polar surface area (TPSA) is 51.2 Å². The van der Waals surface area contributed by atoms with Gasteiger partial charge in [0, 0.05) is 24.2 Å². The molecule has 22 heavy (non-hydrogen) atoms. The van der Waals surface area contributed by atoms with Crippen molar-refractivity contribution < 1.29 is 9.53 Å². The van der Waals surface area contributed by atoms with Crippen molar-refractivity contribution in [2.75, 3.05) is 13.2 Å². The second-order valence-corrected chi connectivity index (χ2v) is 6.13. The van der Waals surface area contributed by atoms with Crippen LogP contribution in [-0.2, 0) is 4.74 Å². The summed E-state index contributed by atoms with van der Waals surface area (Å²) < 4.78 is 5.56. The number of carbonyl (C=O) groups is 1. The molecule has 0 spiro atoms. The van der Waals surface area contributed by atoms with Crippen LogP contribution in [-0.4, -0.2) is 30.1 Å². The van der Waals surface area contributed by atoms with Crippen LogP contribution in [0.25, 0.3) is 10.9 Å². The number of carbonyl (C=O) groups excluding carboxylic acids is 1. The molecule has 0 saturated carbocycles. The molecule has 116 valence electrons. The molecule has 2 aromatic rings. The van der Waals surface area contributed by atoms with Gasteiger partial charge in [-0.15, -0.1) is 0 Å². The van der Waals surface area contributed by atoms with E-state index in [9.17, 15) is 4.79 Å². The Kier molecular flexibility index (Phi) is 4.12. The van der Waals surface area contributed by atoms with Gasteiger partial charge in [-0.2, -0.15) is 0 Å². The quantitative estimate of drug-likeness (QED) is 0.947. The van der Waals surface area contributed by atoms with Gasteiger partial charge in [0.1, 0.15) is 0 Å². The number of aryl methyl sites for hydroxylation is 3. The lowest BCUT2D eigenvalue weighted by molar-refractivity contribution is 0.0859. The minimum Gasteiger partial charge on any atom is -0.376 e. The highest BCUT2D eigenvalue weighted by Gasteiger charge is 2.18. The van der Waals surface area contributed by atoms with Crippen LogP contribution in [0.15, 0.2) is 18.2 Å². The second kappa shape index (κ2) is 6.05. The van der Waals surface area contributed by atoms with E-state index in [0.717, 1.165) is 47.2 Å². The monoisotopic (exact) mass is 298 g/mol. The summed E-state index contributed by atoms with van der Waals surface area (Å²) in [6.45, 7) is 7.38. The van der Waals surface area contributed by atoms with Crippen molar-refractivity contribution in [2.24, 2.45) is 0 Å². The Hall–Kier alpha value is -1.94. The Morgan fingerprint density at radius 2 is 2.14 bits per heavy atom. The summed E-state index contributed by atoms with van der Waals surface area (Å²) in [5.74, 6) is -0.0454. The van der Waals surface area contributed by atoms with Gasteiger partial charge in [0.05, 0.1) is 17.2 Å². The first-order valence-corrected chi connectivity index (χ1v) is 7.83. The van der Waals surface area contributed by atoms with Crippen LogP contribution in [0.3, 0.4) is 0 Å². The minimum absolute atomic E-state index is 0.0454. The summed E-state index contributed by atoms with van der Waals surface area (Å²) in [5.41, 5.74) is 4.72. The molecule has 0 unspecified atom stereocenters. The van der Waals surface area contributed by atoms with Gasteiger partial charge in [-0.05, 0) is 51.3 Å². The van der Waals surface area contributed by atoms with E-state index in [1.807, 2.05) is 32.9 Å². The number of hydrogen-bond donors (Lipinski definition) is 1. The zero-order valence-electron chi connectivity index (χ0n) is 13.4. The summed E-state index contributed by atoms with van der Waals surface area (Å²) in [6.07, 6.45) is 2.26. The third kappa shape index (κ3) is 2.97. The van der Waals surface area contributed by atoms with E-state index in [1.165, 1.54) is 0 Å². The van der Waals surface area contributed by atoms with Crippen molar-refractivity contribution in [1.29, 1.82) is 0 Å². The molecule has 1 aliphatic rings. The Bertz CT molecular complexity index is 719. The summed E-state index contributed by atoms with van der Waals surface area (Å²) in [6, 6.07) is 6.00. The van der Waals surface area contributed by atoms with E-state index in [4.69, 9.17) is 4.74 Å². The third-order valence-corrected chi connectivity index (χ3v) is 4.14. The Balaban J connectivity index is 1.92. The summed E-state index contributed by atoms with van der Waals surface area (Å²) >= 11 is 0. The Morgan fingerprint density at radius 3 is 2.86 bits per heavy atom. The van der Waals surface area contributed by atoms with Gasteiger partial charge in [-0.1, -0.05) is 11.6 Å². The molecule has 1 saturated heterocycles. The number of pyridine rings is 1. The van der Waals surface area contributed by atoms with E-state index in [2.05, 4.69) is 16.4 Å². The van der Waals surface area contributed by atoms with E-state index < -0.39 is 0 Å². The number of fused-ring (bicyclic) bond motifs is 1. The second-order valence-electron chi connectivity index (χ2n) is 6.13. The van der Waals surface area contributed by atoms with Gasteiger partial charge in [0.15, 0.2) is 0 Å². The summed E-state index contributed by atoms with van der Waals surface area (Å²) in [7, 11) is 0.